The van der Waals surface area contributed by atoms with Gasteiger partial charge in [-0.25, -0.2) is 4.78 Å². The first-order chi connectivity index (χ1) is 13.4. The SMILES string of the molecule is CC.CC=S.CN.CN(/N=C/c1ccc(O)cc1)P=S.Cc1ccc(O)cc1. The van der Waals surface area contributed by atoms with Gasteiger partial charge < -0.3 is 15.9 Å². The van der Waals surface area contributed by atoms with Crippen molar-refractivity contribution in [3.05, 3.63) is 59.7 Å². The zero-order chi connectivity index (χ0) is 22.4. The van der Waals surface area contributed by atoms with Gasteiger partial charge >= 0.3 is 0 Å². The lowest BCUT2D eigenvalue weighted by molar-refractivity contribution is 0.474. The zero-order valence-corrected chi connectivity index (χ0v) is 19.9. The highest BCUT2D eigenvalue weighted by Gasteiger charge is 1.89. The molecule has 0 saturated carbocycles. The van der Waals surface area contributed by atoms with Crippen LogP contribution in [0.2, 0.25) is 0 Å². The number of nitrogens with zero attached hydrogens (tertiary/aromatic N) is 2. The molecule has 0 unspecified atom stereocenters. The van der Waals surface area contributed by atoms with E-state index in [1.165, 1.54) is 12.6 Å². The van der Waals surface area contributed by atoms with Gasteiger partial charge in [-0.1, -0.05) is 43.8 Å². The highest BCUT2D eigenvalue weighted by Crippen LogP contribution is 2.09. The summed E-state index contributed by atoms with van der Waals surface area (Å²) in [7, 11) is 3.98. The van der Waals surface area contributed by atoms with Gasteiger partial charge in [-0.2, -0.15) is 5.10 Å². The Hall–Kier alpha value is -1.92. The minimum absolute atomic E-state index is 0.256. The molecule has 28 heavy (non-hydrogen) atoms. The molecule has 0 amide bonds. The van der Waals surface area contributed by atoms with E-state index in [0.29, 0.717) is 13.3 Å². The number of benzene rings is 2. The summed E-state index contributed by atoms with van der Waals surface area (Å²) < 4.78 is 1.63. The molecular formula is C20H32N3O2PS2. The monoisotopic (exact) mass is 441 g/mol. The molecule has 8 heteroatoms. The Morgan fingerprint density at radius 2 is 1.32 bits per heavy atom. The molecule has 0 fully saturated rings. The summed E-state index contributed by atoms with van der Waals surface area (Å²) in [5.74, 6) is 0.586. The lowest BCUT2D eigenvalue weighted by Gasteiger charge is -2.00. The molecule has 0 atom stereocenters. The molecule has 0 aliphatic heterocycles. The lowest BCUT2D eigenvalue weighted by atomic mass is 10.2. The second kappa shape index (κ2) is 23.1. The number of nitrogens with two attached hydrogens (primary N) is 1. The molecule has 0 aliphatic rings. The second-order valence-electron chi connectivity index (χ2n) is 4.48. The number of hydrogen-bond donors (Lipinski definition) is 3. The summed E-state index contributed by atoms with van der Waals surface area (Å²) in [5, 5.41) is 23.4. The van der Waals surface area contributed by atoms with E-state index in [0.717, 1.165) is 5.56 Å². The molecule has 156 valence electrons. The molecule has 2 aromatic rings. The van der Waals surface area contributed by atoms with Crippen molar-refractivity contribution in [1.29, 1.82) is 0 Å². The van der Waals surface area contributed by atoms with E-state index in [2.05, 4.69) is 23.1 Å². The van der Waals surface area contributed by atoms with Crippen molar-refractivity contribution in [1.82, 2.24) is 4.78 Å². The van der Waals surface area contributed by atoms with Gasteiger partial charge in [0.25, 0.3) is 0 Å². The summed E-state index contributed by atoms with van der Waals surface area (Å²) in [5.41, 5.74) is 6.60. The molecule has 5 nitrogen and oxygen atoms in total. The highest BCUT2D eigenvalue weighted by molar-refractivity contribution is 7.95. The Balaban J connectivity index is -0.000000356. The molecular weight excluding hydrogens is 409 g/mol. The normalized spacial score (nSPS) is 8.54. The predicted octanol–water partition coefficient (Wildman–Crippen LogP) is 5.29. The molecule has 0 heterocycles. The van der Waals surface area contributed by atoms with Gasteiger partial charge in [-0.05, 0) is 80.0 Å². The molecule has 2 rings (SSSR count). The smallest absolute Gasteiger partial charge is 0.115 e. The van der Waals surface area contributed by atoms with Crippen LogP contribution in [0.1, 0.15) is 31.9 Å². The molecule has 0 bridgehead atoms. The molecule has 0 spiro atoms. The third kappa shape index (κ3) is 20.4. The van der Waals surface area contributed by atoms with E-state index in [4.69, 9.17) is 22.0 Å². The average molecular weight is 442 g/mol. The van der Waals surface area contributed by atoms with Crippen molar-refractivity contribution in [2.75, 3.05) is 14.1 Å². The number of aryl methyl sites for hydroxylation is 1. The van der Waals surface area contributed by atoms with Crippen molar-refractivity contribution in [3.8, 4) is 11.5 Å². The van der Waals surface area contributed by atoms with E-state index in [1.807, 2.05) is 39.8 Å². The van der Waals surface area contributed by atoms with Gasteiger partial charge in [0.15, 0.2) is 0 Å². The number of phenolic OH excluding ortho intramolecular Hbond substituents is 2. The van der Waals surface area contributed by atoms with Crippen molar-refractivity contribution in [2.24, 2.45) is 10.8 Å². The van der Waals surface area contributed by atoms with E-state index in [9.17, 15) is 0 Å². The zero-order valence-electron chi connectivity index (χ0n) is 17.4. The van der Waals surface area contributed by atoms with Gasteiger partial charge in [-0.3, -0.25) is 0 Å². The Labute approximate surface area is 181 Å². The van der Waals surface area contributed by atoms with Crippen LogP contribution in [-0.2, 0) is 11.8 Å². The fraction of sp³-hybridized carbons (Fsp3) is 0.300. The van der Waals surface area contributed by atoms with Gasteiger partial charge in [0.05, 0.1) is 6.21 Å². The summed E-state index contributed by atoms with van der Waals surface area (Å²) in [6.45, 7) is 7.80. The molecule has 4 N–H and O–H groups in total. The van der Waals surface area contributed by atoms with Crippen molar-refractivity contribution in [2.45, 2.75) is 27.7 Å². The van der Waals surface area contributed by atoms with Crippen LogP contribution in [0, 0.1) is 6.92 Å². The Morgan fingerprint density at radius 1 is 0.964 bits per heavy atom. The van der Waals surface area contributed by atoms with E-state index >= 15 is 0 Å². The van der Waals surface area contributed by atoms with Crippen molar-refractivity contribution >= 4 is 43.1 Å². The fourth-order valence-electron chi connectivity index (χ4n) is 1.28. The maximum absolute atomic E-state index is 9.01. The minimum Gasteiger partial charge on any atom is -0.508 e. The third-order valence-electron chi connectivity index (χ3n) is 2.42. The Bertz CT molecular complexity index is 616. The maximum atomic E-state index is 9.01. The summed E-state index contributed by atoms with van der Waals surface area (Å²) in [6.07, 6.45) is 1.69. The topological polar surface area (TPSA) is 82.1 Å². The molecule has 0 saturated heterocycles. The predicted molar refractivity (Wildman–Crippen MR) is 131 cm³/mol. The fourth-order valence-corrected chi connectivity index (χ4v) is 1.50. The standard InChI is InChI=1S/C8H9N2OPS.C7H8O.C2H4S.C2H6.CH5N/c1-10(12-13)9-6-7-2-4-8(11)5-3-7;1-6-2-4-7(8)5-3-6;1-2-3;2*1-2/h2-6,11H,1H3;2-5,8H,1H3;2H,1H3;1-2H3;2H2,1H3/b9-6+;;;;. The highest BCUT2D eigenvalue weighted by atomic mass is 32.4. The first-order valence-electron chi connectivity index (χ1n) is 8.56. The van der Waals surface area contributed by atoms with E-state index in [-0.39, 0.29) is 5.75 Å². The molecule has 0 radical (unpaired) electrons. The first-order valence-corrected chi connectivity index (χ1v) is 10.9. The minimum atomic E-state index is 0.256. The summed E-state index contributed by atoms with van der Waals surface area (Å²) >= 11 is 9.02. The first kappa shape index (κ1) is 30.8. The average Bonchev–Trinajstić information content (AvgIpc) is 2.73. The number of rotatable bonds is 3. The Kier molecular flexibility index (Phi) is 25.4. The van der Waals surface area contributed by atoms with E-state index < -0.39 is 0 Å². The van der Waals surface area contributed by atoms with Gasteiger partial charge in [-0.15, -0.1) is 0 Å². The number of aromatic hydroxyl groups is 2. The van der Waals surface area contributed by atoms with Crippen molar-refractivity contribution in [3.63, 3.8) is 0 Å². The van der Waals surface area contributed by atoms with E-state index in [1.54, 1.807) is 59.8 Å². The van der Waals surface area contributed by atoms with Crippen LogP contribution in [0.4, 0.5) is 0 Å². The van der Waals surface area contributed by atoms with Gasteiger partial charge in [0, 0.05) is 7.05 Å². The number of thiocarbonyl (C=S) groups is 1. The quantitative estimate of drug-likeness (QED) is 0.260. The van der Waals surface area contributed by atoms with Crippen LogP contribution in [0.5, 0.6) is 11.5 Å². The second-order valence-corrected chi connectivity index (χ2v) is 6.18. The van der Waals surface area contributed by atoms with Gasteiger partial charge in [0.2, 0.25) is 0 Å². The van der Waals surface area contributed by atoms with Crippen LogP contribution in [-0.4, -0.2) is 40.7 Å². The third-order valence-corrected chi connectivity index (χ3v) is 3.47. The van der Waals surface area contributed by atoms with Crippen LogP contribution >= 0.6 is 19.7 Å². The number of hydrogen-bond acceptors (Lipinski definition) is 6. The molecule has 2 aromatic carbocycles. The van der Waals surface area contributed by atoms with Crippen LogP contribution in [0.15, 0.2) is 53.6 Å². The van der Waals surface area contributed by atoms with Crippen LogP contribution < -0.4 is 5.73 Å². The van der Waals surface area contributed by atoms with Gasteiger partial charge in [0.1, 0.15) is 19.0 Å². The Morgan fingerprint density at radius 3 is 1.64 bits per heavy atom. The number of hydrazone groups is 1. The molecule has 0 aromatic heterocycles. The number of phenols is 2. The van der Waals surface area contributed by atoms with Crippen LogP contribution in [0.25, 0.3) is 0 Å². The van der Waals surface area contributed by atoms with Crippen LogP contribution in [0.3, 0.4) is 0 Å². The largest absolute Gasteiger partial charge is 0.508 e. The maximum Gasteiger partial charge on any atom is 0.115 e. The lowest BCUT2D eigenvalue weighted by Crippen LogP contribution is -1.94. The summed E-state index contributed by atoms with van der Waals surface area (Å²) in [4.78, 5) is 0. The van der Waals surface area contributed by atoms with Crippen molar-refractivity contribution < 1.29 is 10.2 Å². The molecule has 0 aliphatic carbocycles. The summed E-state index contributed by atoms with van der Waals surface area (Å²) in [6, 6.07) is 13.9.